The van der Waals surface area contributed by atoms with Crippen molar-refractivity contribution in [3.8, 4) is 11.1 Å². The molecule has 0 amide bonds. The number of aliphatic carboxylic acids is 1. The van der Waals surface area contributed by atoms with Crippen molar-refractivity contribution in [2.24, 2.45) is 0 Å². The lowest BCUT2D eigenvalue weighted by Gasteiger charge is -2.06. The van der Waals surface area contributed by atoms with Gasteiger partial charge in [-0.25, -0.2) is 4.79 Å². The fourth-order valence-corrected chi connectivity index (χ4v) is 2.14. The van der Waals surface area contributed by atoms with Gasteiger partial charge in [0.25, 0.3) is 0 Å². The zero-order valence-electron chi connectivity index (χ0n) is 12.3. The fraction of sp³-hybridized carbons (Fsp3) is 0.167. The summed E-state index contributed by atoms with van der Waals surface area (Å²) in [5.41, 5.74) is 4.63. The maximum atomic E-state index is 11.0. The van der Waals surface area contributed by atoms with Crippen LogP contribution in [0.25, 0.3) is 17.2 Å². The molecule has 0 fully saturated rings. The van der Waals surface area contributed by atoms with Crippen molar-refractivity contribution in [3.05, 3.63) is 59.7 Å². The molecule has 0 aromatic heterocycles. The highest BCUT2D eigenvalue weighted by Crippen LogP contribution is 2.23. The van der Waals surface area contributed by atoms with Gasteiger partial charge in [0.05, 0.1) is 0 Å². The summed E-state index contributed by atoms with van der Waals surface area (Å²) in [6, 6.07) is 16.1. The summed E-state index contributed by atoms with van der Waals surface area (Å²) in [4.78, 5) is 11.0. The average Bonchev–Trinajstić information content (AvgIpc) is 2.53. The highest BCUT2D eigenvalue weighted by Gasteiger charge is 2.04. The molecule has 0 aliphatic carbocycles. The molecule has 0 aliphatic heterocycles. The number of nitrogens with one attached hydrogen (secondary N) is 1. The van der Waals surface area contributed by atoms with E-state index in [0.29, 0.717) is 12.0 Å². The number of hydrogen-bond acceptors (Lipinski definition) is 2. The van der Waals surface area contributed by atoms with Gasteiger partial charge in [-0.3, -0.25) is 0 Å². The van der Waals surface area contributed by atoms with Crippen LogP contribution in [0.1, 0.15) is 18.9 Å². The Hall–Kier alpha value is -2.55. The Morgan fingerprint density at radius 2 is 1.86 bits per heavy atom. The molecule has 2 aromatic carbocycles. The molecule has 2 rings (SSSR count). The van der Waals surface area contributed by atoms with E-state index in [2.05, 4.69) is 17.4 Å². The van der Waals surface area contributed by atoms with Gasteiger partial charge >= 0.3 is 5.97 Å². The Morgan fingerprint density at radius 3 is 2.43 bits per heavy atom. The Balaban J connectivity index is 2.28. The molecule has 0 radical (unpaired) electrons. The minimum atomic E-state index is -0.858. The molecule has 0 heterocycles. The van der Waals surface area contributed by atoms with Crippen molar-refractivity contribution < 1.29 is 9.90 Å². The molecule has 2 aromatic rings. The Morgan fingerprint density at radius 1 is 1.14 bits per heavy atom. The predicted octanol–water partition coefficient (Wildman–Crippen LogP) is 4.27. The van der Waals surface area contributed by atoms with E-state index in [0.717, 1.165) is 22.4 Å². The molecule has 0 bridgehead atoms. The molecule has 0 saturated heterocycles. The van der Waals surface area contributed by atoms with Crippen LogP contribution in [-0.4, -0.2) is 18.1 Å². The Kier molecular flexibility index (Phi) is 4.77. The van der Waals surface area contributed by atoms with E-state index in [9.17, 15) is 4.79 Å². The smallest absolute Gasteiger partial charge is 0.331 e. The van der Waals surface area contributed by atoms with Crippen LogP contribution in [0.3, 0.4) is 0 Å². The molecule has 0 saturated carbocycles. The lowest BCUT2D eigenvalue weighted by Crippen LogP contribution is -1.98. The van der Waals surface area contributed by atoms with E-state index in [1.807, 2.05) is 50.4 Å². The molecule has 0 atom stereocenters. The first-order chi connectivity index (χ1) is 10.1. The van der Waals surface area contributed by atoms with Crippen LogP contribution in [0.15, 0.2) is 54.1 Å². The average molecular weight is 281 g/mol. The van der Waals surface area contributed by atoms with E-state index in [4.69, 9.17) is 5.11 Å². The summed E-state index contributed by atoms with van der Waals surface area (Å²) >= 11 is 0. The summed E-state index contributed by atoms with van der Waals surface area (Å²) in [5.74, 6) is -0.858. The second kappa shape index (κ2) is 6.75. The van der Waals surface area contributed by atoms with Gasteiger partial charge in [0, 0.05) is 18.3 Å². The van der Waals surface area contributed by atoms with Crippen molar-refractivity contribution in [1.82, 2.24) is 0 Å². The number of rotatable bonds is 5. The zero-order valence-corrected chi connectivity index (χ0v) is 12.3. The molecular formula is C18H19NO2. The van der Waals surface area contributed by atoms with Crippen molar-refractivity contribution in [3.63, 3.8) is 0 Å². The normalized spacial score (nSPS) is 11.2. The predicted molar refractivity (Wildman–Crippen MR) is 87.3 cm³/mol. The fourth-order valence-electron chi connectivity index (χ4n) is 2.14. The Bertz CT molecular complexity index is 657. The number of carbonyl (C=O) groups is 1. The standard InChI is InChI=1S/C18H19NO2/c1-3-14(18(20)21)11-13-7-9-15(10-8-13)16-5-4-6-17(12-16)19-2/h4-12,19H,3H2,1-2H3,(H,20,21)/b14-11+. The van der Waals surface area contributed by atoms with Gasteiger partial charge in [0.2, 0.25) is 0 Å². The first-order valence-electron chi connectivity index (χ1n) is 6.96. The van der Waals surface area contributed by atoms with Gasteiger partial charge in [0.1, 0.15) is 0 Å². The highest BCUT2D eigenvalue weighted by molar-refractivity contribution is 5.92. The number of carboxylic acids is 1. The lowest BCUT2D eigenvalue weighted by atomic mass is 10.0. The van der Waals surface area contributed by atoms with Gasteiger partial charge in [-0.05, 0) is 41.3 Å². The van der Waals surface area contributed by atoms with Crippen LogP contribution < -0.4 is 5.32 Å². The van der Waals surface area contributed by atoms with E-state index in [1.165, 1.54) is 0 Å². The minimum absolute atomic E-state index is 0.417. The summed E-state index contributed by atoms with van der Waals surface area (Å²) < 4.78 is 0. The Labute approximate surface area is 124 Å². The largest absolute Gasteiger partial charge is 0.478 e. The number of benzene rings is 2. The molecule has 0 spiro atoms. The van der Waals surface area contributed by atoms with Gasteiger partial charge in [0.15, 0.2) is 0 Å². The maximum absolute atomic E-state index is 11.0. The summed E-state index contributed by atoms with van der Waals surface area (Å²) in [6.45, 7) is 1.84. The molecule has 2 N–H and O–H groups in total. The zero-order chi connectivity index (χ0) is 15.2. The molecule has 108 valence electrons. The van der Waals surface area contributed by atoms with E-state index in [1.54, 1.807) is 6.08 Å². The van der Waals surface area contributed by atoms with Crippen LogP contribution in [0.4, 0.5) is 5.69 Å². The molecular weight excluding hydrogens is 262 g/mol. The topological polar surface area (TPSA) is 49.3 Å². The third-order valence-electron chi connectivity index (χ3n) is 3.39. The summed E-state index contributed by atoms with van der Waals surface area (Å²) in [6.07, 6.45) is 2.23. The maximum Gasteiger partial charge on any atom is 0.331 e. The van der Waals surface area contributed by atoms with Gasteiger partial charge in [-0.1, -0.05) is 43.3 Å². The van der Waals surface area contributed by atoms with Crippen LogP contribution in [-0.2, 0) is 4.79 Å². The lowest BCUT2D eigenvalue weighted by molar-refractivity contribution is -0.132. The van der Waals surface area contributed by atoms with Gasteiger partial charge in [-0.15, -0.1) is 0 Å². The van der Waals surface area contributed by atoms with E-state index >= 15 is 0 Å². The molecule has 3 nitrogen and oxygen atoms in total. The third kappa shape index (κ3) is 3.72. The van der Waals surface area contributed by atoms with Crippen LogP contribution in [0, 0.1) is 0 Å². The summed E-state index contributed by atoms with van der Waals surface area (Å²) in [7, 11) is 1.89. The van der Waals surface area contributed by atoms with Crippen molar-refractivity contribution in [2.75, 3.05) is 12.4 Å². The van der Waals surface area contributed by atoms with Crippen LogP contribution in [0.2, 0.25) is 0 Å². The van der Waals surface area contributed by atoms with E-state index < -0.39 is 5.97 Å². The monoisotopic (exact) mass is 281 g/mol. The van der Waals surface area contributed by atoms with E-state index in [-0.39, 0.29) is 0 Å². The third-order valence-corrected chi connectivity index (χ3v) is 3.39. The molecule has 21 heavy (non-hydrogen) atoms. The number of carboxylic acid groups (broad SMARTS) is 1. The highest BCUT2D eigenvalue weighted by atomic mass is 16.4. The minimum Gasteiger partial charge on any atom is -0.478 e. The number of hydrogen-bond donors (Lipinski definition) is 2. The SMILES string of the molecule is CC/C(=C\c1ccc(-c2cccc(NC)c2)cc1)C(=O)O. The second-order valence-electron chi connectivity index (χ2n) is 4.78. The number of anilines is 1. The quantitative estimate of drug-likeness (QED) is 0.804. The second-order valence-corrected chi connectivity index (χ2v) is 4.78. The molecule has 3 heteroatoms. The molecule has 0 unspecified atom stereocenters. The first kappa shape index (κ1) is 14.9. The van der Waals surface area contributed by atoms with Gasteiger partial charge in [-0.2, -0.15) is 0 Å². The summed E-state index contributed by atoms with van der Waals surface area (Å²) in [5, 5.41) is 12.2. The van der Waals surface area contributed by atoms with Crippen molar-refractivity contribution >= 4 is 17.7 Å². The molecule has 0 aliphatic rings. The van der Waals surface area contributed by atoms with Gasteiger partial charge < -0.3 is 10.4 Å². The first-order valence-corrected chi connectivity index (χ1v) is 6.96. The van der Waals surface area contributed by atoms with Crippen molar-refractivity contribution in [2.45, 2.75) is 13.3 Å². The van der Waals surface area contributed by atoms with Crippen LogP contribution in [0.5, 0.6) is 0 Å². The van der Waals surface area contributed by atoms with Crippen molar-refractivity contribution in [1.29, 1.82) is 0 Å². The van der Waals surface area contributed by atoms with Crippen LogP contribution >= 0.6 is 0 Å².